The van der Waals surface area contributed by atoms with E-state index >= 15 is 0 Å². The number of hydrogen-bond donors (Lipinski definition) is 1. The Hall–Kier alpha value is -2.14. The molecular weight excluding hydrogens is 261 g/mol. The van der Waals surface area contributed by atoms with E-state index in [0.29, 0.717) is 17.7 Å². The summed E-state index contributed by atoms with van der Waals surface area (Å²) in [4.78, 5) is 11.5. The Morgan fingerprint density at radius 2 is 2.15 bits per heavy atom. The van der Waals surface area contributed by atoms with Crippen molar-refractivity contribution in [2.45, 2.75) is 19.5 Å². The van der Waals surface area contributed by atoms with Crippen molar-refractivity contribution in [3.8, 4) is 0 Å². The lowest BCUT2D eigenvalue weighted by Crippen LogP contribution is -2.20. The van der Waals surface area contributed by atoms with Gasteiger partial charge in [0.05, 0.1) is 13.4 Å². The van der Waals surface area contributed by atoms with Crippen LogP contribution in [0.4, 0.5) is 4.39 Å². The molecule has 5 heteroatoms. The molecule has 4 nitrogen and oxygen atoms in total. The number of halogens is 1. The molecule has 0 bridgehead atoms. The number of methoxy groups -OCH3 is 1. The van der Waals surface area contributed by atoms with E-state index in [1.165, 1.54) is 19.4 Å². The number of carbonyl (C=O) groups is 1. The lowest BCUT2D eigenvalue weighted by molar-refractivity contribution is 0.0563. The summed E-state index contributed by atoms with van der Waals surface area (Å²) in [6.45, 7) is 2.24. The van der Waals surface area contributed by atoms with E-state index < -0.39 is 5.97 Å². The average Bonchev–Trinajstić information content (AvgIpc) is 2.93. The maximum Gasteiger partial charge on any atom is 0.374 e. The quantitative estimate of drug-likeness (QED) is 0.853. The second-order valence-corrected chi connectivity index (χ2v) is 4.39. The normalized spacial score (nSPS) is 12.2. The van der Waals surface area contributed by atoms with Gasteiger partial charge in [0.15, 0.2) is 0 Å². The zero-order valence-electron chi connectivity index (χ0n) is 11.4. The number of nitrogens with one attached hydrogen (secondary N) is 1. The maximum atomic E-state index is 13.6. The molecule has 0 aliphatic carbocycles. The van der Waals surface area contributed by atoms with E-state index in [-0.39, 0.29) is 17.6 Å². The van der Waals surface area contributed by atoms with Crippen LogP contribution in [0.25, 0.3) is 0 Å². The minimum absolute atomic E-state index is 0.167. The Bertz CT molecular complexity index is 594. The molecule has 1 aromatic heterocycles. The van der Waals surface area contributed by atoms with Gasteiger partial charge in [0.1, 0.15) is 5.82 Å². The van der Waals surface area contributed by atoms with E-state index in [1.807, 2.05) is 6.92 Å². The zero-order valence-corrected chi connectivity index (χ0v) is 11.4. The van der Waals surface area contributed by atoms with Crippen LogP contribution in [-0.2, 0) is 11.3 Å². The summed E-state index contributed by atoms with van der Waals surface area (Å²) in [6.07, 6.45) is 1.43. The van der Waals surface area contributed by atoms with Crippen LogP contribution in [0.5, 0.6) is 0 Å². The number of ether oxygens (including phenoxy) is 1. The molecule has 2 rings (SSSR count). The number of hydrogen-bond acceptors (Lipinski definition) is 4. The lowest BCUT2D eigenvalue weighted by atomic mass is 10.1. The van der Waals surface area contributed by atoms with Crippen molar-refractivity contribution in [2.24, 2.45) is 0 Å². The number of rotatable bonds is 5. The van der Waals surface area contributed by atoms with E-state index in [0.717, 1.165) is 0 Å². The maximum absolute atomic E-state index is 13.6. The molecule has 20 heavy (non-hydrogen) atoms. The Kier molecular flexibility index (Phi) is 4.53. The second-order valence-electron chi connectivity index (χ2n) is 4.39. The van der Waals surface area contributed by atoms with Crippen LogP contribution in [0, 0.1) is 5.82 Å². The zero-order chi connectivity index (χ0) is 14.5. The van der Waals surface area contributed by atoms with E-state index in [2.05, 4.69) is 10.1 Å². The summed E-state index contributed by atoms with van der Waals surface area (Å²) < 4.78 is 23.4. The molecule has 106 valence electrons. The Balaban J connectivity index is 2.04. The highest BCUT2D eigenvalue weighted by atomic mass is 19.1. The van der Waals surface area contributed by atoms with Crippen LogP contribution in [0.2, 0.25) is 0 Å². The fourth-order valence-electron chi connectivity index (χ4n) is 1.95. The fraction of sp³-hybridized carbons (Fsp3) is 0.267. The monoisotopic (exact) mass is 277 g/mol. The minimum atomic E-state index is -0.523. The van der Waals surface area contributed by atoms with Gasteiger partial charge < -0.3 is 14.5 Å². The first-order valence-electron chi connectivity index (χ1n) is 6.26. The Labute approximate surface area is 116 Å². The predicted octanol–water partition coefficient (Wildman–Crippen LogP) is 3.06. The van der Waals surface area contributed by atoms with E-state index in [1.54, 1.807) is 24.3 Å². The summed E-state index contributed by atoms with van der Waals surface area (Å²) in [5.41, 5.74) is 1.26. The first-order chi connectivity index (χ1) is 9.63. The van der Waals surface area contributed by atoms with Crippen molar-refractivity contribution in [3.63, 3.8) is 0 Å². The van der Waals surface area contributed by atoms with Crippen molar-refractivity contribution in [1.82, 2.24) is 5.32 Å². The van der Waals surface area contributed by atoms with Gasteiger partial charge in [-0.1, -0.05) is 18.2 Å². The van der Waals surface area contributed by atoms with Crippen LogP contribution >= 0.6 is 0 Å². The number of carbonyl (C=O) groups excluding carboxylic acids is 1. The first kappa shape index (κ1) is 14.3. The molecule has 0 amide bonds. The van der Waals surface area contributed by atoms with Gasteiger partial charge in [-0.05, 0) is 19.1 Å². The summed E-state index contributed by atoms with van der Waals surface area (Å²) in [5, 5.41) is 3.15. The summed E-state index contributed by atoms with van der Waals surface area (Å²) in [6, 6.07) is 8.09. The molecule has 0 aliphatic heterocycles. The average molecular weight is 277 g/mol. The second kappa shape index (κ2) is 6.34. The molecule has 0 saturated heterocycles. The van der Waals surface area contributed by atoms with Crippen molar-refractivity contribution in [3.05, 3.63) is 59.3 Å². The molecule has 1 atom stereocenters. The Morgan fingerprint density at radius 1 is 1.40 bits per heavy atom. The van der Waals surface area contributed by atoms with Crippen LogP contribution in [0.1, 0.15) is 34.6 Å². The van der Waals surface area contributed by atoms with Gasteiger partial charge in [0.25, 0.3) is 0 Å². The number of furan rings is 1. The van der Waals surface area contributed by atoms with Crippen molar-refractivity contribution in [2.75, 3.05) is 7.11 Å². The molecule has 0 aliphatic rings. The van der Waals surface area contributed by atoms with Crippen molar-refractivity contribution in [1.29, 1.82) is 0 Å². The molecule has 1 N–H and O–H groups in total. The van der Waals surface area contributed by atoms with Gasteiger partial charge in [-0.25, -0.2) is 9.18 Å². The molecule has 0 spiro atoms. The molecule has 0 radical (unpaired) electrons. The van der Waals surface area contributed by atoms with Crippen molar-refractivity contribution < 1.29 is 18.3 Å². The standard InChI is InChI=1S/C15H16FNO3/c1-10(12-5-3-4-6-13(12)16)17-9-11-7-8-20-14(11)15(18)19-2/h3-8,10,17H,9H2,1-2H3/t10-/m1/s1. The SMILES string of the molecule is COC(=O)c1occc1CN[C@H](C)c1ccccc1F. The number of benzene rings is 1. The van der Waals surface area contributed by atoms with Gasteiger partial charge in [-0.15, -0.1) is 0 Å². The van der Waals surface area contributed by atoms with Gasteiger partial charge in [-0.3, -0.25) is 0 Å². The van der Waals surface area contributed by atoms with E-state index in [9.17, 15) is 9.18 Å². The third kappa shape index (κ3) is 3.05. The Morgan fingerprint density at radius 3 is 2.85 bits per heavy atom. The minimum Gasteiger partial charge on any atom is -0.463 e. The van der Waals surface area contributed by atoms with Gasteiger partial charge in [0, 0.05) is 23.7 Å². The first-order valence-corrected chi connectivity index (χ1v) is 6.26. The summed E-state index contributed by atoms with van der Waals surface area (Å²) >= 11 is 0. The smallest absolute Gasteiger partial charge is 0.374 e. The largest absolute Gasteiger partial charge is 0.463 e. The highest BCUT2D eigenvalue weighted by molar-refractivity contribution is 5.87. The number of esters is 1. The van der Waals surface area contributed by atoms with E-state index in [4.69, 9.17) is 4.42 Å². The van der Waals surface area contributed by atoms with Gasteiger partial charge in [-0.2, -0.15) is 0 Å². The molecule has 0 fully saturated rings. The molecule has 0 saturated carbocycles. The van der Waals surface area contributed by atoms with Crippen LogP contribution < -0.4 is 5.32 Å². The summed E-state index contributed by atoms with van der Waals surface area (Å²) in [5.74, 6) is -0.612. The molecule has 1 aromatic carbocycles. The van der Waals surface area contributed by atoms with Gasteiger partial charge >= 0.3 is 5.97 Å². The molecule has 2 aromatic rings. The topological polar surface area (TPSA) is 51.5 Å². The highest BCUT2D eigenvalue weighted by Crippen LogP contribution is 2.18. The highest BCUT2D eigenvalue weighted by Gasteiger charge is 2.17. The van der Waals surface area contributed by atoms with Crippen LogP contribution in [0.15, 0.2) is 41.0 Å². The molecular formula is C15H16FNO3. The predicted molar refractivity (Wildman–Crippen MR) is 71.7 cm³/mol. The third-order valence-corrected chi connectivity index (χ3v) is 3.09. The third-order valence-electron chi connectivity index (χ3n) is 3.09. The summed E-state index contributed by atoms with van der Waals surface area (Å²) in [7, 11) is 1.30. The lowest BCUT2D eigenvalue weighted by Gasteiger charge is -2.14. The van der Waals surface area contributed by atoms with Crippen LogP contribution in [0.3, 0.4) is 0 Å². The van der Waals surface area contributed by atoms with Gasteiger partial charge in [0.2, 0.25) is 5.76 Å². The molecule has 1 heterocycles. The van der Waals surface area contributed by atoms with Crippen molar-refractivity contribution >= 4 is 5.97 Å². The molecule has 0 unspecified atom stereocenters. The van der Waals surface area contributed by atoms with Crippen LogP contribution in [-0.4, -0.2) is 13.1 Å². The fourth-order valence-corrected chi connectivity index (χ4v) is 1.95.